The van der Waals surface area contributed by atoms with Crippen LogP contribution < -0.4 is 16.4 Å². The van der Waals surface area contributed by atoms with Crippen LogP contribution in [0.1, 0.15) is 37.7 Å². The van der Waals surface area contributed by atoms with E-state index in [1.807, 2.05) is 76.3 Å². The number of anilines is 1. The van der Waals surface area contributed by atoms with Gasteiger partial charge in [0, 0.05) is 31.6 Å². The third kappa shape index (κ3) is 6.50. The van der Waals surface area contributed by atoms with E-state index in [4.69, 9.17) is 20.2 Å². The fourth-order valence-corrected chi connectivity index (χ4v) is 3.79. The van der Waals surface area contributed by atoms with Crippen LogP contribution in [0.5, 0.6) is 0 Å². The summed E-state index contributed by atoms with van der Waals surface area (Å²) in [4.78, 5) is 21.1. The molecular weight excluding hydrogens is 456 g/mol. The maximum atomic E-state index is 11.8. The highest BCUT2D eigenvalue weighted by atomic mass is 16.5. The van der Waals surface area contributed by atoms with Crippen molar-refractivity contribution in [3.63, 3.8) is 0 Å². The van der Waals surface area contributed by atoms with E-state index in [1.54, 1.807) is 0 Å². The molecule has 0 unspecified atom stereocenters. The molecule has 0 atom stereocenters. The number of ether oxygens (including phenoxy) is 2. The standard InChI is InChI=1S/C25H30N6O3.C2H6/c1-3-33-16-21-30-22-23(19-6-4-5-7-20(19)29-24(22)26)31(21)15-18-10-8-17(9-11-18)14-28-25(32)34-13-12-27-2;1-2/h4-11,27H,3,12-16H2,1-2H3,(H2,26,29)(H,28,32);1-2H3. The molecule has 2 aromatic carbocycles. The number of pyridine rings is 1. The van der Waals surface area contributed by atoms with Gasteiger partial charge in [-0.1, -0.05) is 56.3 Å². The predicted octanol–water partition coefficient (Wildman–Crippen LogP) is 4.22. The maximum absolute atomic E-state index is 11.8. The van der Waals surface area contributed by atoms with Crippen LogP contribution in [0.2, 0.25) is 0 Å². The lowest BCUT2D eigenvalue weighted by Gasteiger charge is -2.12. The SMILES string of the molecule is CC.CCOCc1nc2c(N)nc3ccccc3c2n1Cc1ccc(CNC(=O)OCCNC)cc1. The van der Waals surface area contributed by atoms with Crippen LogP contribution in [-0.4, -0.2) is 47.4 Å². The van der Waals surface area contributed by atoms with E-state index >= 15 is 0 Å². The zero-order valence-electron chi connectivity index (χ0n) is 21.5. The van der Waals surface area contributed by atoms with E-state index in [0.717, 1.165) is 33.4 Å². The van der Waals surface area contributed by atoms with Gasteiger partial charge in [0.1, 0.15) is 24.6 Å². The number of fused-ring (bicyclic) bond motifs is 3. The van der Waals surface area contributed by atoms with Gasteiger partial charge in [-0.05, 0) is 31.2 Å². The molecule has 0 radical (unpaired) electrons. The fraction of sp³-hybridized carbons (Fsp3) is 0.370. The highest BCUT2D eigenvalue weighted by Gasteiger charge is 2.17. The van der Waals surface area contributed by atoms with Crippen molar-refractivity contribution in [1.82, 2.24) is 25.2 Å². The summed E-state index contributed by atoms with van der Waals surface area (Å²) in [7, 11) is 1.81. The lowest BCUT2D eigenvalue weighted by Crippen LogP contribution is -2.26. The largest absolute Gasteiger partial charge is 0.448 e. The Hall–Kier alpha value is -3.69. The zero-order valence-corrected chi connectivity index (χ0v) is 21.5. The minimum atomic E-state index is -0.428. The van der Waals surface area contributed by atoms with Crippen molar-refractivity contribution >= 4 is 33.8 Å². The maximum Gasteiger partial charge on any atom is 0.407 e. The lowest BCUT2D eigenvalue weighted by molar-refractivity contribution is 0.126. The summed E-state index contributed by atoms with van der Waals surface area (Å²) >= 11 is 0. The number of nitrogens with two attached hydrogens (primary N) is 1. The molecule has 4 rings (SSSR count). The second kappa shape index (κ2) is 13.4. The van der Waals surface area contributed by atoms with Gasteiger partial charge in [0.05, 0.1) is 11.0 Å². The second-order valence-electron chi connectivity index (χ2n) is 7.87. The molecule has 0 saturated carbocycles. The number of para-hydroxylation sites is 1. The number of carbonyl (C=O) groups is 1. The van der Waals surface area contributed by atoms with Gasteiger partial charge in [0.15, 0.2) is 5.82 Å². The highest BCUT2D eigenvalue weighted by Crippen LogP contribution is 2.29. The molecule has 2 heterocycles. The molecule has 0 aliphatic carbocycles. The van der Waals surface area contributed by atoms with E-state index in [1.165, 1.54) is 0 Å². The van der Waals surface area contributed by atoms with Gasteiger partial charge in [-0.3, -0.25) is 0 Å². The van der Waals surface area contributed by atoms with Crippen molar-refractivity contribution in [3.8, 4) is 0 Å². The number of hydrogen-bond donors (Lipinski definition) is 3. The highest BCUT2D eigenvalue weighted by molar-refractivity contribution is 6.06. The van der Waals surface area contributed by atoms with Crippen LogP contribution in [0.25, 0.3) is 21.9 Å². The Balaban J connectivity index is 0.00000176. The Labute approximate surface area is 212 Å². The molecule has 4 aromatic rings. The lowest BCUT2D eigenvalue weighted by atomic mass is 10.1. The van der Waals surface area contributed by atoms with E-state index in [2.05, 4.69) is 20.2 Å². The van der Waals surface area contributed by atoms with Gasteiger partial charge in [0.25, 0.3) is 0 Å². The summed E-state index contributed by atoms with van der Waals surface area (Å²) in [5.41, 5.74) is 10.8. The molecular formula is C27H36N6O3. The van der Waals surface area contributed by atoms with Crippen molar-refractivity contribution in [2.75, 3.05) is 32.5 Å². The molecule has 0 spiro atoms. The number of benzene rings is 2. The first-order valence-electron chi connectivity index (χ1n) is 12.3. The van der Waals surface area contributed by atoms with Crippen LogP contribution in [0.4, 0.5) is 10.6 Å². The summed E-state index contributed by atoms with van der Waals surface area (Å²) in [5.74, 6) is 1.21. The molecule has 0 bridgehead atoms. The van der Waals surface area contributed by atoms with Gasteiger partial charge in [-0.2, -0.15) is 0 Å². The Morgan fingerprint density at radius 2 is 1.78 bits per heavy atom. The number of nitrogen functional groups attached to an aromatic ring is 1. The summed E-state index contributed by atoms with van der Waals surface area (Å²) < 4.78 is 12.9. The number of carbonyl (C=O) groups excluding carboxylic acids is 1. The number of likely N-dealkylation sites (N-methyl/N-ethyl adjacent to an activating group) is 1. The molecule has 1 amide bonds. The molecule has 4 N–H and O–H groups in total. The van der Waals surface area contributed by atoms with Gasteiger partial charge in [-0.25, -0.2) is 14.8 Å². The first-order chi connectivity index (χ1) is 17.6. The van der Waals surface area contributed by atoms with Crippen molar-refractivity contribution in [1.29, 1.82) is 0 Å². The number of amides is 1. The van der Waals surface area contributed by atoms with Crippen LogP contribution in [0.3, 0.4) is 0 Å². The fourth-order valence-electron chi connectivity index (χ4n) is 3.79. The first kappa shape index (κ1) is 26.9. The Morgan fingerprint density at radius 3 is 2.50 bits per heavy atom. The molecule has 0 fully saturated rings. The van der Waals surface area contributed by atoms with Gasteiger partial charge in [-0.15, -0.1) is 0 Å². The Bertz CT molecular complexity index is 1270. The number of rotatable bonds is 10. The second-order valence-corrected chi connectivity index (χ2v) is 7.87. The number of nitrogens with one attached hydrogen (secondary N) is 2. The van der Waals surface area contributed by atoms with Crippen LogP contribution in [0, 0.1) is 0 Å². The van der Waals surface area contributed by atoms with Crippen molar-refractivity contribution in [2.45, 2.75) is 40.5 Å². The molecule has 0 aliphatic rings. The molecule has 9 nitrogen and oxygen atoms in total. The molecule has 36 heavy (non-hydrogen) atoms. The molecule has 0 saturated heterocycles. The first-order valence-corrected chi connectivity index (χ1v) is 12.3. The van der Waals surface area contributed by atoms with E-state index in [9.17, 15) is 4.79 Å². The summed E-state index contributed by atoms with van der Waals surface area (Å²) in [5, 5.41) is 6.69. The zero-order chi connectivity index (χ0) is 25.9. The minimum Gasteiger partial charge on any atom is -0.448 e. The average Bonchev–Trinajstić information content (AvgIpc) is 3.27. The molecule has 2 aromatic heterocycles. The number of alkyl carbamates (subject to hydrolysis) is 1. The smallest absolute Gasteiger partial charge is 0.407 e. The Morgan fingerprint density at radius 1 is 1.06 bits per heavy atom. The number of aromatic nitrogens is 3. The van der Waals surface area contributed by atoms with Crippen LogP contribution in [0.15, 0.2) is 48.5 Å². The average molecular weight is 493 g/mol. The predicted molar refractivity (Wildman–Crippen MR) is 144 cm³/mol. The van der Waals surface area contributed by atoms with Gasteiger partial charge >= 0.3 is 6.09 Å². The van der Waals surface area contributed by atoms with Crippen molar-refractivity contribution < 1.29 is 14.3 Å². The topological polar surface area (TPSA) is 116 Å². The third-order valence-electron chi connectivity index (χ3n) is 5.51. The molecule has 0 aliphatic heterocycles. The summed E-state index contributed by atoms with van der Waals surface area (Å²) in [6.07, 6.45) is -0.428. The van der Waals surface area contributed by atoms with Crippen molar-refractivity contribution in [2.24, 2.45) is 0 Å². The van der Waals surface area contributed by atoms with Crippen LogP contribution in [-0.2, 0) is 29.2 Å². The number of nitrogens with zero attached hydrogens (tertiary/aromatic N) is 3. The van der Waals surface area contributed by atoms with E-state index in [-0.39, 0.29) is 0 Å². The monoisotopic (exact) mass is 492 g/mol. The third-order valence-corrected chi connectivity index (χ3v) is 5.51. The molecule has 9 heteroatoms. The quantitative estimate of drug-likeness (QED) is 0.284. The van der Waals surface area contributed by atoms with Crippen molar-refractivity contribution in [3.05, 3.63) is 65.5 Å². The van der Waals surface area contributed by atoms with Crippen LogP contribution >= 0.6 is 0 Å². The van der Waals surface area contributed by atoms with Gasteiger partial charge in [0.2, 0.25) is 0 Å². The number of hydrogen-bond acceptors (Lipinski definition) is 7. The van der Waals surface area contributed by atoms with E-state index in [0.29, 0.717) is 50.8 Å². The summed E-state index contributed by atoms with van der Waals surface area (Å²) in [6.45, 7) is 8.89. The Kier molecular flexibility index (Phi) is 10.0. The van der Waals surface area contributed by atoms with Gasteiger partial charge < -0.3 is 30.4 Å². The summed E-state index contributed by atoms with van der Waals surface area (Å²) in [6, 6.07) is 16.0. The van der Waals surface area contributed by atoms with E-state index < -0.39 is 6.09 Å². The molecule has 192 valence electrons. The normalized spacial score (nSPS) is 10.8. The minimum absolute atomic E-state index is 0.332. The number of imidazole rings is 1.